The van der Waals surface area contributed by atoms with Gasteiger partial charge < -0.3 is 9.90 Å². The average Bonchev–Trinajstić information content (AvgIpc) is 2.85. The smallest absolute Gasteiger partial charge is 0.280 e. The Balaban J connectivity index is 2.00. The molecular formula is C18H11Cl2N2O3-. The fraction of sp³-hybridized carbons (Fsp3) is 0.0556. The number of carboxylic acid groups (broad SMARTS) is 1. The van der Waals surface area contributed by atoms with Gasteiger partial charge in [-0.2, -0.15) is 10.1 Å². The predicted molar refractivity (Wildman–Crippen MR) is 95.8 cm³/mol. The van der Waals surface area contributed by atoms with E-state index in [0.717, 1.165) is 5.01 Å². The van der Waals surface area contributed by atoms with Crippen LogP contribution < -0.4 is 10.1 Å². The maximum absolute atomic E-state index is 12.7. The number of hydrogen-bond acceptors (Lipinski definition) is 4. The molecule has 0 fully saturated rings. The highest BCUT2D eigenvalue weighted by Gasteiger charge is 2.29. The minimum Gasteiger partial charge on any atom is -0.545 e. The normalized spacial score (nSPS) is 15.6. The molecule has 0 aromatic heterocycles. The number of hydrazone groups is 1. The molecule has 1 heterocycles. The number of hydrogen-bond donors (Lipinski definition) is 0. The zero-order valence-electron chi connectivity index (χ0n) is 13.0. The van der Waals surface area contributed by atoms with Crippen LogP contribution in [0, 0.1) is 0 Å². The van der Waals surface area contributed by atoms with Crippen molar-refractivity contribution in [3.05, 3.63) is 69.2 Å². The van der Waals surface area contributed by atoms with Gasteiger partial charge in [-0.05, 0) is 42.8 Å². The summed E-state index contributed by atoms with van der Waals surface area (Å²) in [6.45, 7) is 1.69. The highest BCUT2D eigenvalue weighted by Crippen LogP contribution is 2.29. The quantitative estimate of drug-likeness (QED) is 0.775. The van der Waals surface area contributed by atoms with Crippen LogP contribution in [0.1, 0.15) is 22.8 Å². The monoisotopic (exact) mass is 373 g/mol. The number of carboxylic acids is 1. The Morgan fingerprint density at radius 2 is 1.88 bits per heavy atom. The van der Waals surface area contributed by atoms with Gasteiger partial charge in [-0.3, -0.25) is 4.79 Å². The van der Waals surface area contributed by atoms with Crippen molar-refractivity contribution in [3.63, 3.8) is 0 Å². The maximum atomic E-state index is 12.7. The third-order valence-electron chi connectivity index (χ3n) is 3.68. The molecule has 126 valence electrons. The molecular weight excluding hydrogens is 363 g/mol. The van der Waals surface area contributed by atoms with Crippen LogP contribution >= 0.6 is 23.2 Å². The van der Waals surface area contributed by atoms with Gasteiger partial charge in [0.25, 0.3) is 5.91 Å². The first-order valence-electron chi connectivity index (χ1n) is 7.25. The molecule has 1 aliphatic heterocycles. The van der Waals surface area contributed by atoms with Gasteiger partial charge in [-0.15, -0.1) is 0 Å². The highest BCUT2D eigenvalue weighted by molar-refractivity contribution is 6.35. The van der Waals surface area contributed by atoms with Crippen molar-refractivity contribution < 1.29 is 14.7 Å². The lowest BCUT2D eigenvalue weighted by molar-refractivity contribution is -0.255. The summed E-state index contributed by atoms with van der Waals surface area (Å²) in [7, 11) is 0. The molecule has 7 heteroatoms. The van der Waals surface area contributed by atoms with Gasteiger partial charge in [0.2, 0.25) is 0 Å². The summed E-state index contributed by atoms with van der Waals surface area (Å²) in [5.74, 6) is -1.81. The Morgan fingerprint density at radius 3 is 2.56 bits per heavy atom. The molecule has 5 nitrogen and oxygen atoms in total. The fourth-order valence-corrected chi connectivity index (χ4v) is 2.79. The van der Waals surface area contributed by atoms with Gasteiger partial charge >= 0.3 is 0 Å². The Bertz CT molecular complexity index is 951. The number of amides is 1. The van der Waals surface area contributed by atoms with Crippen LogP contribution in [-0.4, -0.2) is 17.6 Å². The molecule has 25 heavy (non-hydrogen) atoms. The number of anilines is 1. The summed E-state index contributed by atoms with van der Waals surface area (Å²) in [4.78, 5) is 23.8. The van der Waals surface area contributed by atoms with E-state index in [1.54, 1.807) is 31.2 Å². The first-order chi connectivity index (χ1) is 11.9. The van der Waals surface area contributed by atoms with E-state index >= 15 is 0 Å². The second kappa shape index (κ2) is 6.70. The molecule has 0 spiro atoms. The number of carbonyl (C=O) groups is 2. The summed E-state index contributed by atoms with van der Waals surface area (Å²) < 4.78 is 0. The summed E-state index contributed by atoms with van der Waals surface area (Å²) in [5, 5.41) is 17.0. The lowest BCUT2D eigenvalue weighted by Crippen LogP contribution is -2.25. The Kier molecular flexibility index (Phi) is 4.61. The van der Waals surface area contributed by atoms with E-state index in [-0.39, 0.29) is 22.2 Å². The average molecular weight is 374 g/mol. The SMILES string of the molecule is CC1=NN(c2ccc(Cl)c(C(=O)[O-])c2)C(=O)/C1=C/c1ccccc1Cl. The van der Waals surface area contributed by atoms with Gasteiger partial charge in [-0.25, -0.2) is 0 Å². The zero-order valence-corrected chi connectivity index (χ0v) is 14.5. The van der Waals surface area contributed by atoms with Crippen molar-refractivity contribution >= 4 is 52.6 Å². The molecule has 0 saturated heterocycles. The van der Waals surface area contributed by atoms with Crippen LogP contribution in [0.3, 0.4) is 0 Å². The van der Waals surface area contributed by atoms with Crippen LogP contribution in [0.15, 0.2) is 53.1 Å². The molecule has 0 N–H and O–H groups in total. The number of aromatic carboxylic acids is 1. The number of benzene rings is 2. The van der Waals surface area contributed by atoms with Crippen LogP contribution in [0.2, 0.25) is 10.0 Å². The van der Waals surface area contributed by atoms with E-state index < -0.39 is 5.97 Å². The maximum Gasteiger partial charge on any atom is 0.280 e. The molecule has 1 aliphatic rings. The van der Waals surface area contributed by atoms with Crippen molar-refractivity contribution in [2.24, 2.45) is 5.10 Å². The second-order valence-corrected chi connectivity index (χ2v) is 6.15. The molecule has 1 amide bonds. The lowest BCUT2D eigenvalue weighted by Gasteiger charge is -2.14. The minimum absolute atomic E-state index is 0.0305. The molecule has 2 aromatic carbocycles. The second-order valence-electron chi connectivity index (χ2n) is 5.33. The molecule has 3 rings (SSSR count). The van der Waals surface area contributed by atoms with Gasteiger partial charge in [0.15, 0.2) is 0 Å². The topological polar surface area (TPSA) is 72.8 Å². The van der Waals surface area contributed by atoms with E-state index in [1.165, 1.54) is 18.2 Å². The van der Waals surface area contributed by atoms with Gasteiger partial charge in [-0.1, -0.05) is 41.4 Å². The highest BCUT2D eigenvalue weighted by atomic mass is 35.5. The van der Waals surface area contributed by atoms with E-state index in [4.69, 9.17) is 23.2 Å². The van der Waals surface area contributed by atoms with E-state index in [1.807, 2.05) is 6.07 Å². The van der Waals surface area contributed by atoms with Crippen LogP contribution in [0.25, 0.3) is 6.08 Å². The summed E-state index contributed by atoms with van der Waals surface area (Å²) >= 11 is 12.0. The van der Waals surface area contributed by atoms with E-state index in [0.29, 0.717) is 21.9 Å². The van der Waals surface area contributed by atoms with Crippen LogP contribution in [0.4, 0.5) is 5.69 Å². The Morgan fingerprint density at radius 1 is 1.16 bits per heavy atom. The minimum atomic E-state index is -1.42. The summed E-state index contributed by atoms with van der Waals surface area (Å²) in [5.41, 5.74) is 1.64. The molecule has 0 bridgehead atoms. The zero-order chi connectivity index (χ0) is 18.1. The third kappa shape index (κ3) is 3.29. The van der Waals surface area contributed by atoms with Crippen molar-refractivity contribution in [2.75, 3.05) is 5.01 Å². The molecule has 0 atom stereocenters. The van der Waals surface area contributed by atoms with Crippen molar-refractivity contribution in [1.29, 1.82) is 0 Å². The third-order valence-corrected chi connectivity index (χ3v) is 4.36. The Labute approximate surface area is 153 Å². The van der Waals surface area contributed by atoms with Gasteiger partial charge in [0, 0.05) is 15.6 Å². The molecule has 0 aliphatic carbocycles. The molecule has 2 aromatic rings. The summed E-state index contributed by atoms with van der Waals surface area (Å²) in [6.07, 6.45) is 1.65. The molecule has 0 unspecified atom stereocenters. The number of nitrogens with zero attached hydrogens (tertiary/aromatic N) is 2. The van der Waals surface area contributed by atoms with Gasteiger partial charge in [0.1, 0.15) is 0 Å². The van der Waals surface area contributed by atoms with Crippen molar-refractivity contribution in [1.82, 2.24) is 0 Å². The van der Waals surface area contributed by atoms with Crippen LogP contribution in [-0.2, 0) is 4.79 Å². The summed E-state index contributed by atoms with van der Waals surface area (Å²) in [6, 6.07) is 11.3. The van der Waals surface area contributed by atoms with Crippen LogP contribution in [0.5, 0.6) is 0 Å². The van der Waals surface area contributed by atoms with E-state index in [9.17, 15) is 14.7 Å². The number of carbonyl (C=O) groups excluding carboxylic acids is 2. The fourth-order valence-electron chi connectivity index (χ4n) is 2.41. The first kappa shape index (κ1) is 17.2. The largest absolute Gasteiger partial charge is 0.545 e. The lowest BCUT2D eigenvalue weighted by atomic mass is 10.1. The molecule has 0 saturated carbocycles. The van der Waals surface area contributed by atoms with Crippen molar-refractivity contribution in [2.45, 2.75) is 6.92 Å². The number of halogens is 2. The Hall–Kier alpha value is -2.63. The van der Waals surface area contributed by atoms with Crippen molar-refractivity contribution in [3.8, 4) is 0 Å². The first-order valence-corrected chi connectivity index (χ1v) is 8.01. The standard InChI is InChI=1S/C18H12Cl2N2O3/c1-10-13(8-11-4-2-3-5-15(11)19)17(23)22(21-10)12-6-7-16(20)14(9-12)18(24)25/h2-9H,1H3,(H,24,25)/p-1/b13-8+. The van der Waals surface area contributed by atoms with Gasteiger partial charge in [0.05, 0.1) is 22.9 Å². The van der Waals surface area contributed by atoms with E-state index in [2.05, 4.69) is 5.10 Å². The predicted octanol–water partition coefficient (Wildman–Crippen LogP) is 3.16. The number of rotatable bonds is 3. The molecule has 0 radical (unpaired) electrons.